The van der Waals surface area contributed by atoms with Crippen molar-refractivity contribution in [2.45, 2.75) is 6.92 Å². The Labute approximate surface area is 87.1 Å². The van der Waals surface area contributed by atoms with Gasteiger partial charge in [-0.25, -0.2) is 0 Å². The summed E-state index contributed by atoms with van der Waals surface area (Å²) in [5, 5.41) is 2.50. The van der Waals surface area contributed by atoms with Crippen LogP contribution in [0.4, 0.5) is 5.69 Å². The van der Waals surface area contributed by atoms with E-state index in [1.165, 1.54) is 4.90 Å². The second-order valence-electron chi connectivity index (χ2n) is 3.32. The molecule has 2 heterocycles. The molecule has 15 heavy (non-hydrogen) atoms. The average Bonchev–Trinajstić information content (AvgIpc) is 2.23. The van der Waals surface area contributed by atoms with Crippen LogP contribution in [0, 0.1) is 6.92 Å². The zero-order valence-corrected chi connectivity index (χ0v) is 8.36. The predicted octanol–water partition coefficient (Wildman–Crippen LogP) is -0.147. The van der Waals surface area contributed by atoms with E-state index in [1.807, 2.05) is 6.92 Å². The minimum Gasteiger partial charge on any atom is -0.346 e. The van der Waals surface area contributed by atoms with Gasteiger partial charge in [0.2, 0.25) is 0 Å². The zero-order chi connectivity index (χ0) is 10.8. The zero-order valence-electron chi connectivity index (χ0n) is 8.36. The molecule has 0 spiro atoms. The molecule has 1 aliphatic rings. The Balaban J connectivity index is 2.34. The third-order valence-corrected chi connectivity index (χ3v) is 2.33. The molecule has 1 saturated heterocycles. The Morgan fingerprint density at radius 3 is 3.00 bits per heavy atom. The number of carbonyl (C=O) groups is 2. The number of nitrogens with one attached hydrogen (secondary N) is 1. The Bertz CT molecular complexity index is 417. The van der Waals surface area contributed by atoms with Crippen molar-refractivity contribution in [3.63, 3.8) is 0 Å². The Morgan fingerprint density at radius 2 is 2.27 bits per heavy atom. The quantitative estimate of drug-likeness (QED) is 0.649. The maximum absolute atomic E-state index is 11.6. The molecule has 1 aromatic heterocycles. The number of piperazine rings is 1. The number of hydrogen-bond donors (Lipinski definition) is 1. The standard InChI is InChI=1S/C10H11N3O2/c1-7-8(3-2-4-11-7)13-6-5-12-9(14)10(13)15/h2-4H,5-6H2,1H3,(H,12,14). The van der Waals surface area contributed by atoms with E-state index in [-0.39, 0.29) is 0 Å². The first-order chi connectivity index (χ1) is 7.20. The van der Waals surface area contributed by atoms with E-state index < -0.39 is 11.8 Å². The first-order valence-corrected chi connectivity index (χ1v) is 4.71. The normalized spacial score (nSPS) is 16.5. The van der Waals surface area contributed by atoms with E-state index in [4.69, 9.17) is 0 Å². The van der Waals surface area contributed by atoms with Crippen molar-refractivity contribution >= 4 is 17.5 Å². The van der Waals surface area contributed by atoms with Gasteiger partial charge in [-0.3, -0.25) is 14.6 Å². The predicted molar refractivity (Wildman–Crippen MR) is 54.3 cm³/mol. The molecule has 5 heteroatoms. The van der Waals surface area contributed by atoms with Gasteiger partial charge in [0.1, 0.15) is 0 Å². The number of carbonyl (C=O) groups excluding carboxylic acids is 2. The smallest absolute Gasteiger partial charge is 0.316 e. The summed E-state index contributed by atoms with van der Waals surface area (Å²) in [6.45, 7) is 2.80. The Morgan fingerprint density at radius 1 is 1.47 bits per heavy atom. The van der Waals surface area contributed by atoms with Crippen LogP contribution in [0.5, 0.6) is 0 Å². The monoisotopic (exact) mass is 205 g/mol. The van der Waals surface area contributed by atoms with Gasteiger partial charge < -0.3 is 10.2 Å². The maximum atomic E-state index is 11.6. The second kappa shape index (κ2) is 3.68. The highest BCUT2D eigenvalue weighted by Crippen LogP contribution is 2.18. The molecule has 1 N–H and O–H groups in total. The van der Waals surface area contributed by atoms with Crippen molar-refractivity contribution in [1.82, 2.24) is 10.3 Å². The fraction of sp³-hybridized carbons (Fsp3) is 0.300. The summed E-state index contributed by atoms with van der Waals surface area (Å²) >= 11 is 0. The van der Waals surface area contributed by atoms with Gasteiger partial charge in [-0.05, 0) is 19.1 Å². The maximum Gasteiger partial charge on any atom is 0.316 e. The molecule has 2 rings (SSSR count). The number of hydrogen-bond acceptors (Lipinski definition) is 3. The molecule has 5 nitrogen and oxygen atoms in total. The highest BCUT2D eigenvalue weighted by atomic mass is 16.2. The van der Waals surface area contributed by atoms with Crippen LogP contribution >= 0.6 is 0 Å². The lowest BCUT2D eigenvalue weighted by Gasteiger charge is -2.27. The molecule has 1 aliphatic heterocycles. The van der Waals surface area contributed by atoms with Gasteiger partial charge in [0.05, 0.1) is 11.4 Å². The Kier molecular flexibility index (Phi) is 2.37. The van der Waals surface area contributed by atoms with Crippen molar-refractivity contribution in [3.05, 3.63) is 24.0 Å². The number of amides is 2. The molecule has 0 saturated carbocycles. The number of pyridine rings is 1. The van der Waals surface area contributed by atoms with Gasteiger partial charge in [0, 0.05) is 19.3 Å². The van der Waals surface area contributed by atoms with E-state index in [2.05, 4.69) is 10.3 Å². The number of anilines is 1. The van der Waals surface area contributed by atoms with Crippen molar-refractivity contribution in [3.8, 4) is 0 Å². The van der Waals surface area contributed by atoms with Crippen LogP contribution in [-0.4, -0.2) is 29.9 Å². The summed E-state index contributed by atoms with van der Waals surface area (Å²) in [5.74, 6) is -1.07. The summed E-state index contributed by atoms with van der Waals surface area (Å²) in [7, 11) is 0. The van der Waals surface area contributed by atoms with Crippen LogP contribution in [0.15, 0.2) is 18.3 Å². The average molecular weight is 205 g/mol. The fourth-order valence-corrected chi connectivity index (χ4v) is 1.57. The first kappa shape index (κ1) is 9.64. The van der Waals surface area contributed by atoms with Crippen LogP contribution in [0.1, 0.15) is 5.69 Å². The van der Waals surface area contributed by atoms with Gasteiger partial charge in [-0.15, -0.1) is 0 Å². The molecule has 0 atom stereocenters. The Hall–Kier alpha value is -1.91. The molecular formula is C10H11N3O2. The van der Waals surface area contributed by atoms with Crippen molar-refractivity contribution in [2.75, 3.05) is 18.0 Å². The van der Waals surface area contributed by atoms with E-state index in [0.717, 1.165) is 5.69 Å². The van der Waals surface area contributed by atoms with E-state index in [1.54, 1.807) is 18.3 Å². The van der Waals surface area contributed by atoms with Crippen molar-refractivity contribution in [1.29, 1.82) is 0 Å². The van der Waals surface area contributed by atoms with Crippen molar-refractivity contribution in [2.24, 2.45) is 0 Å². The summed E-state index contributed by atoms with van der Waals surface area (Å²) in [4.78, 5) is 28.3. The lowest BCUT2D eigenvalue weighted by atomic mass is 10.2. The van der Waals surface area contributed by atoms with Gasteiger partial charge in [0.25, 0.3) is 0 Å². The second-order valence-corrected chi connectivity index (χ2v) is 3.32. The lowest BCUT2D eigenvalue weighted by Crippen LogP contribution is -2.52. The lowest BCUT2D eigenvalue weighted by molar-refractivity contribution is -0.138. The third-order valence-electron chi connectivity index (χ3n) is 2.33. The molecule has 78 valence electrons. The largest absolute Gasteiger partial charge is 0.346 e. The molecule has 1 aromatic rings. The number of aromatic nitrogens is 1. The highest BCUT2D eigenvalue weighted by Gasteiger charge is 2.28. The highest BCUT2D eigenvalue weighted by molar-refractivity contribution is 6.41. The van der Waals surface area contributed by atoms with E-state index in [0.29, 0.717) is 18.8 Å². The fourth-order valence-electron chi connectivity index (χ4n) is 1.57. The van der Waals surface area contributed by atoms with Gasteiger partial charge >= 0.3 is 11.8 Å². The molecule has 2 amide bonds. The topological polar surface area (TPSA) is 62.3 Å². The summed E-state index contributed by atoms with van der Waals surface area (Å²) in [6.07, 6.45) is 1.66. The summed E-state index contributed by atoms with van der Waals surface area (Å²) in [6, 6.07) is 3.54. The van der Waals surface area contributed by atoms with Crippen LogP contribution in [0.25, 0.3) is 0 Å². The number of nitrogens with zero attached hydrogens (tertiary/aromatic N) is 2. The van der Waals surface area contributed by atoms with Crippen LogP contribution in [0.2, 0.25) is 0 Å². The number of rotatable bonds is 1. The molecule has 1 fully saturated rings. The van der Waals surface area contributed by atoms with Gasteiger partial charge in [-0.2, -0.15) is 0 Å². The number of aryl methyl sites for hydroxylation is 1. The minimum atomic E-state index is -0.551. The molecule has 0 bridgehead atoms. The summed E-state index contributed by atoms with van der Waals surface area (Å²) < 4.78 is 0. The van der Waals surface area contributed by atoms with Crippen molar-refractivity contribution < 1.29 is 9.59 Å². The first-order valence-electron chi connectivity index (χ1n) is 4.71. The SMILES string of the molecule is Cc1ncccc1N1CCNC(=O)C1=O. The summed E-state index contributed by atoms with van der Waals surface area (Å²) in [5.41, 5.74) is 1.46. The van der Waals surface area contributed by atoms with E-state index >= 15 is 0 Å². The molecule has 0 aromatic carbocycles. The van der Waals surface area contributed by atoms with Crippen LogP contribution < -0.4 is 10.2 Å². The molecule has 0 aliphatic carbocycles. The molecule has 0 unspecified atom stereocenters. The minimum absolute atomic E-state index is 0.485. The van der Waals surface area contributed by atoms with Crippen LogP contribution in [-0.2, 0) is 9.59 Å². The van der Waals surface area contributed by atoms with Gasteiger partial charge in [-0.1, -0.05) is 0 Å². The third kappa shape index (κ3) is 1.68. The van der Waals surface area contributed by atoms with Gasteiger partial charge in [0.15, 0.2) is 0 Å². The van der Waals surface area contributed by atoms with E-state index in [9.17, 15) is 9.59 Å². The molecule has 0 radical (unpaired) electrons. The van der Waals surface area contributed by atoms with Crippen LogP contribution in [0.3, 0.4) is 0 Å². The molecular weight excluding hydrogens is 194 g/mol.